The summed E-state index contributed by atoms with van der Waals surface area (Å²) in [5.41, 5.74) is 5.71. The van der Waals surface area contributed by atoms with Gasteiger partial charge >= 0.3 is 0 Å². The fraction of sp³-hybridized carbons (Fsp3) is 0.300. The number of nitrogens with two attached hydrogens (primary N) is 1. The molecule has 1 rings (SSSR count). The molecule has 82 valence electrons. The second kappa shape index (κ2) is 5.51. The van der Waals surface area contributed by atoms with E-state index in [4.69, 9.17) is 11.1 Å². The maximum atomic E-state index is 13.7. The van der Waals surface area contributed by atoms with Crippen molar-refractivity contribution in [3.05, 3.63) is 28.0 Å². The highest BCUT2D eigenvalue weighted by Crippen LogP contribution is 2.30. The topological polar surface area (TPSA) is 49.9 Å². The van der Waals surface area contributed by atoms with E-state index in [0.29, 0.717) is 10.5 Å². The molecule has 0 fully saturated rings. The van der Waals surface area contributed by atoms with E-state index in [1.54, 1.807) is 12.1 Å². The SMILES string of the molecule is CCCSc1ccc(C(=N)N)c(Br)c1F. The smallest absolute Gasteiger partial charge is 0.151 e. The van der Waals surface area contributed by atoms with Gasteiger partial charge in [-0.25, -0.2) is 4.39 Å². The minimum Gasteiger partial charge on any atom is -0.384 e. The van der Waals surface area contributed by atoms with Gasteiger partial charge in [0, 0.05) is 10.5 Å². The lowest BCUT2D eigenvalue weighted by Crippen LogP contribution is -2.12. The molecule has 0 bridgehead atoms. The third kappa shape index (κ3) is 2.95. The summed E-state index contributed by atoms with van der Waals surface area (Å²) in [6.07, 6.45) is 0.996. The molecule has 2 nitrogen and oxygen atoms in total. The first-order valence-corrected chi connectivity index (χ1v) is 6.31. The summed E-state index contributed by atoms with van der Waals surface area (Å²) >= 11 is 4.58. The first kappa shape index (κ1) is 12.5. The molecule has 0 spiro atoms. The molecular weight excluding hydrogens is 279 g/mol. The quantitative estimate of drug-likeness (QED) is 0.507. The standard InChI is InChI=1S/C10H12BrFN2S/c1-2-5-15-7-4-3-6(10(13)14)8(11)9(7)12/h3-4H,2,5H2,1H3,(H3,13,14). The van der Waals surface area contributed by atoms with Crippen molar-refractivity contribution in [2.45, 2.75) is 18.2 Å². The fourth-order valence-corrected chi connectivity index (χ4v) is 2.57. The van der Waals surface area contributed by atoms with Crippen LogP contribution in [-0.4, -0.2) is 11.6 Å². The van der Waals surface area contributed by atoms with Crippen LogP contribution in [0.1, 0.15) is 18.9 Å². The Labute approximate surface area is 101 Å². The summed E-state index contributed by atoms with van der Waals surface area (Å²) in [5.74, 6) is 0.414. The van der Waals surface area contributed by atoms with Gasteiger partial charge < -0.3 is 5.73 Å². The predicted octanol–water partition coefficient (Wildman–Crippen LogP) is 3.37. The lowest BCUT2D eigenvalue weighted by atomic mass is 10.2. The van der Waals surface area contributed by atoms with E-state index in [0.717, 1.165) is 12.2 Å². The van der Waals surface area contributed by atoms with Crippen LogP contribution in [-0.2, 0) is 0 Å². The van der Waals surface area contributed by atoms with Crippen molar-refractivity contribution >= 4 is 33.5 Å². The predicted molar refractivity (Wildman–Crippen MR) is 66.1 cm³/mol. The summed E-state index contributed by atoms with van der Waals surface area (Å²) in [4.78, 5) is 0.591. The molecule has 0 saturated heterocycles. The molecule has 3 N–H and O–H groups in total. The van der Waals surface area contributed by atoms with E-state index in [-0.39, 0.29) is 16.1 Å². The first-order valence-electron chi connectivity index (χ1n) is 4.53. The van der Waals surface area contributed by atoms with Gasteiger partial charge in [-0.1, -0.05) is 6.92 Å². The Hall–Kier alpha value is -0.550. The fourth-order valence-electron chi connectivity index (χ4n) is 1.06. The Balaban J connectivity index is 3.04. The molecule has 1 aromatic rings. The van der Waals surface area contributed by atoms with Gasteiger partial charge in [0.1, 0.15) is 5.84 Å². The molecule has 1 aromatic carbocycles. The van der Waals surface area contributed by atoms with E-state index in [2.05, 4.69) is 15.9 Å². The lowest BCUT2D eigenvalue weighted by Gasteiger charge is -2.07. The number of rotatable bonds is 4. The zero-order chi connectivity index (χ0) is 11.4. The molecule has 0 atom stereocenters. The minimum atomic E-state index is -0.332. The van der Waals surface area contributed by atoms with Crippen LogP contribution in [0.5, 0.6) is 0 Å². The summed E-state index contributed by atoms with van der Waals surface area (Å²) in [7, 11) is 0. The van der Waals surface area contributed by atoms with Crippen LogP contribution in [0.4, 0.5) is 4.39 Å². The zero-order valence-electron chi connectivity index (χ0n) is 8.31. The van der Waals surface area contributed by atoms with Crippen LogP contribution in [0.25, 0.3) is 0 Å². The minimum absolute atomic E-state index is 0.132. The number of halogens is 2. The van der Waals surface area contributed by atoms with Gasteiger partial charge in [-0.05, 0) is 40.2 Å². The summed E-state index contributed by atoms with van der Waals surface area (Å²) < 4.78 is 14.0. The lowest BCUT2D eigenvalue weighted by molar-refractivity contribution is 0.594. The Kier molecular flexibility index (Phi) is 4.60. The second-order valence-corrected chi connectivity index (χ2v) is 4.93. The van der Waals surface area contributed by atoms with Gasteiger partial charge in [0.2, 0.25) is 0 Å². The van der Waals surface area contributed by atoms with Crippen LogP contribution < -0.4 is 5.73 Å². The van der Waals surface area contributed by atoms with Crippen molar-refractivity contribution in [3.63, 3.8) is 0 Å². The molecule has 0 aliphatic rings. The summed E-state index contributed by atoms with van der Waals surface area (Å²) in [6, 6.07) is 3.32. The van der Waals surface area contributed by atoms with E-state index in [1.807, 2.05) is 6.92 Å². The highest BCUT2D eigenvalue weighted by Gasteiger charge is 2.12. The molecule has 15 heavy (non-hydrogen) atoms. The molecule has 0 unspecified atom stereocenters. The largest absolute Gasteiger partial charge is 0.384 e. The van der Waals surface area contributed by atoms with Crippen molar-refractivity contribution < 1.29 is 4.39 Å². The number of thioether (sulfide) groups is 1. The van der Waals surface area contributed by atoms with Crippen LogP contribution >= 0.6 is 27.7 Å². The molecular formula is C10H12BrFN2S. The van der Waals surface area contributed by atoms with Gasteiger partial charge in [-0.2, -0.15) is 0 Å². The van der Waals surface area contributed by atoms with Gasteiger partial charge in [-0.3, -0.25) is 5.41 Å². The average molecular weight is 291 g/mol. The number of hydrogen-bond donors (Lipinski definition) is 2. The molecule has 0 heterocycles. The van der Waals surface area contributed by atoms with Gasteiger partial charge in [-0.15, -0.1) is 11.8 Å². The molecule has 5 heteroatoms. The van der Waals surface area contributed by atoms with Gasteiger partial charge in [0.05, 0.1) is 4.47 Å². The highest BCUT2D eigenvalue weighted by atomic mass is 79.9. The van der Waals surface area contributed by atoms with Crippen LogP contribution in [0.2, 0.25) is 0 Å². The molecule has 0 radical (unpaired) electrons. The molecule has 0 aliphatic heterocycles. The Morgan fingerprint density at radius 3 is 2.80 bits per heavy atom. The Bertz CT molecular complexity index is 382. The Morgan fingerprint density at radius 1 is 1.60 bits per heavy atom. The van der Waals surface area contributed by atoms with Gasteiger partial charge in [0.15, 0.2) is 5.82 Å². The van der Waals surface area contributed by atoms with E-state index in [9.17, 15) is 4.39 Å². The number of nitrogen functional groups attached to an aromatic ring is 1. The van der Waals surface area contributed by atoms with Crippen LogP contribution in [0.3, 0.4) is 0 Å². The summed E-state index contributed by atoms with van der Waals surface area (Å²) in [6.45, 7) is 2.05. The second-order valence-electron chi connectivity index (χ2n) is 3.00. The number of hydrogen-bond acceptors (Lipinski definition) is 2. The third-order valence-electron chi connectivity index (χ3n) is 1.80. The van der Waals surface area contributed by atoms with Gasteiger partial charge in [0.25, 0.3) is 0 Å². The molecule has 0 aliphatic carbocycles. The van der Waals surface area contributed by atoms with Crippen molar-refractivity contribution in [3.8, 4) is 0 Å². The van der Waals surface area contributed by atoms with Crippen molar-refractivity contribution in [2.75, 3.05) is 5.75 Å². The van der Waals surface area contributed by atoms with Crippen molar-refractivity contribution in [1.82, 2.24) is 0 Å². The van der Waals surface area contributed by atoms with E-state index >= 15 is 0 Å². The number of amidine groups is 1. The highest BCUT2D eigenvalue weighted by molar-refractivity contribution is 9.10. The summed E-state index contributed by atoms with van der Waals surface area (Å²) in [5, 5.41) is 7.26. The van der Waals surface area contributed by atoms with Crippen LogP contribution in [0.15, 0.2) is 21.5 Å². The molecule has 0 aromatic heterocycles. The monoisotopic (exact) mass is 290 g/mol. The third-order valence-corrected chi connectivity index (χ3v) is 3.81. The maximum absolute atomic E-state index is 13.7. The maximum Gasteiger partial charge on any atom is 0.151 e. The first-order chi connectivity index (χ1) is 7.07. The molecule has 0 amide bonds. The number of benzene rings is 1. The van der Waals surface area contributed by atoms with Crippen LogP contribution in [0, 0.1) is 11.2 Å². The van der Waals surface area contributed by atoms with E-state index in [1.165, 1.54) is 11.8 Å². The van der Waals surface area contributed by atoms with E-state index < -0.39 is 0 Å². The number of nitrogens with one attached hydrogen (secondary N) is 1. The Morgan fingerprint density at radius 2 is 2.27 bits per heavy atom. The van der Waals surface area contributed by atoms with Crippen molar-refractivity contribution in [1.29, 1.82) is 5.41 Å². The average Bonchev–Trinajstić information content (AvgIpc) is 2.20. The normalized spacial score (nSPS) is 10.3. The zero-order valence-corrected chi connectivity index (χ0v) is 10.7. The molecule has 0 saturated carbocycles. The van der Waals surface area contributed by atoms with Crippen molar-refractivity contribution in [2.24, 2.45) is 5.73 Å².